The van der Waals surface area contributed by atoms with Crippen molar-refractivity contribution in [3.63, 3.8) is 0 Å². The molecule has 0 aromatic heterocycles. The van der Waals surface area contributed by atoms with Crippen LogP contribution in [0.3, 0.4) is 0 Å². The number of rotatable bonds is 8. The molecule has 0 aromatic rings. The molecule has 0 radical (unpaired) electrons. The molecule has 0 rings (SSSR count). The quantitative estimate of drug-likeness (QED) is 0.446. The van der Waals surface area contributed by atoms with Crippen LogP contribution < -0.4 is 22.9 Å². The van der Waals surface area contributed by atoms with Crippen molar-refractivity contribution in [3.8, 4) is 0 Å². The van der Waals surface area contributed by atoms with Gasteiger partial charge >= 0.3 is 0 Å². The molecule has 0 spiro atoms. The zero-order valence-corrected chi connectivity index (χ0v) is 10.3. The minimum atomic E-state index is 0.374. The summed E-state index contributed by atoms with van der Waals surface area (Å²) in [6.45, 7) is 4.48. The van der Waals surface area contributed by atoms with Gasteiger partial charge in [0, 0.05) is 6.04 Å². The molecule has 0 aliphatic heterocycles. The van der Waals surface area contributed by atoms with Crippen molar-refractivity contribution in [1.82, 2.24) is 0 Å². The van der Waals surface area contributed by atoms with E-state index in [0.717, 1.165) is 51.7 Å². The van der Waals surface area contributed by atoms with Crippen LogP contribution in [-0.2, 0) is 0 Å². The molecule has 94 valence electrons. The van der Waals surface area contributed by atoms with Gasteiger partial charge in [-0.1, -0.05) is 13.3 Å². The molecule has 0 aromatic carbocycles. The van der Waals surface area contributed by atoms with Crippen LogP contribution in [0.4, 0.5) is 0 Å². The van der Waals surface area contributed by atoms with Crippen LogP contribution in [0, 0.1) is 0 Å². The molecule has 0 saturated heterocycles. The van der Waals surface area contributed by atoms with Crippen molar-refractivity contribution in [3.05, 3.63) is 0 Å². The van der Waals surface area contributed by atoms with Gasteiger partial charge in [-0.25, -0.2) is 0 Å². The molecule has 0 bridgehead atoms. The van der Waals surface area contributed by atoms with Gasteiger partial charge in [-0.15, -0.1) is 0 Å². The summed E-state index contributed by atoms with van der Waals surface area (Å²) in [4.78, 5) is 0. The second-order valence-corrected chi connectivity index (χ2v) is 3.74. The van der Waals surface area contributed by atoms with Gasteiger partial charge in [0.2, 0.25) is 0 Å². The monoisotopic (exact) mass is 218 g/mol. The highest BCUT2D eigenvalue weighted by molar-refractivity contribution is 4.57. The summed E-state index contributed by atoms with van der Waals surface area (Å²) in [5.74, 6) is 0. The number of unbranched alkanes of at least 4 members (excludes halogenated alkanes) is 2. The molecule has 0 aliphatic carbocycles. The summed E-state index contributed by atoms with van der Waals surface area (Å²) in [5.41, 5.74) is 21.3. The summed E-state index contributed by atoms with van der Waals surface area (Å²) < 4.78 is 0. The number of hydrogen-bond acceptors (Lipinski definition) is 4. The van der Waals surface area contributed by atoms with Gasteiger partial charge in [-0.05, 0) is 51.7 Å². The lowest BCUT2D eigenvalue weighted by molar-refractivity contribution is 0.573. The van der Waals surface area contributed by atoms with Crippen molar-refractivity contribution in [2.75, 3.05) is 19.6 Å². The average Bonchev–Trinajstić information content (AvgIpc) is 2.27. The maximum absolute atomic E-state index is 5.60. The number of nitrogens with two attached hydrogens (primary N) is 4. The first kappa shape index (κ1) is 17.2. The topological polar surface area (TPSA) is 104 Å². The second-order valence-electron chi connectivity index (χ2n) is 3.74. The Bertz CT molecular complexity index is 94.6. The summed E-state index contributed by atoms with van der Waals surface area (Å²) in [5, 5.41) is 0. The van der Waals surface area contributed by atoms with Crippen LogP contribution in [0.1, 0.15) is 45.4 Å². The molecule has 1 atom stereocenters. The van der Waals surface area contributed by atoms with Crippen molar-refractivity contribution in [1.29, 1.82) is 0 Å². The van der Waals surface area contributed by atoms with Gasteiger partial charge in [-0.3, -0.25) is 0 Å². The molecule has 0 saturated carbocycles. The fourth-order valence-corrected chi connectivity index (χ4v) is 1.05. The molecule has 15 heavy (non-hydrogen) atoms. The SMILES string of the molecule is CCC(N)CCCN.NCCCCCN. The van der Waals surface area contributed by atoms with Crippen molar-refractivity contribution >= 4 is 0 Å². The largest absolute Gasteiger partial charge is 0.330 e. The Kier molecular flexibility index (Phi) is 18.7. The van der Waals surface area contributed by atoms with Crippen LogP contribution in [0.2, 0.25) is 0 Å². The van der Waals surface area contributed by atoms with Crippen LogP contribution in [0.5, 0.6) is 0 Å². The van der Waals surface area contributed by atoms with Crippen LogP contribution >= 0.6 is 0 Å². The zero-order valence-electron chi connectivity index (χ0n) is 10.3. The third-order valence-corrected chi connectivity index (χ3v) is 2.21. The fourth-order valence-electron chi connectivity index (χ4n) is 1.05. The lowest BCUT2D eigenvalue weighted by Gasteiger charge is -2.04. The minimum Gasteiger partial charge on any atom is -0.330 e. The van der Waals surface area contributed by atoms with Crippen LogP contribution in [0.15, 0.2) is 0 Å². The Hall–Kier alpha value is -0.160. The molecule has 4 heteroatoms. The first-order valence-corrected chi connectivity index (χ1v) is 6.08. The van der Waals surface area contributed by atoms with E-state index >= 15 is 0 Å². The Morgan fingerprint density at radius 3 is 1.60 bits per heavy atom. The summed E-state index contributed by atoms with van der Waals surface area (Å²) >= 11 is 0. The van der Waals surface area contributed by atoms with E-state index in [-0.39, 0.29) is 0 Å². The second kappa shape index (κ2) is 16.3. The van der Waals surface area contributed by atoms with Crippen molar-refractivity contribution in [2.45, 2.75) is 51.5 Å². The zero-order chi connectivity index (χ0) is 11.9. The first-order valence-electron chi connectivity index (χ1n) is 6.08. The van der Waals surface area contributed by atoms with E-state index in [1.54, 1.807) is 0 Å². The van der Waals surface area contributed by atoms with Gasteiger partial charge in [0.15, 0.2) is 0 Å². The van der Waals surface area contributed by atoms with Crippen molar-refractivity contribution in [2.24, 2.45) is 22.9 Å². The van der Waals surface area contributed by atoms with E-state index in [2.05, 4.69) is 6.92 Å². The predicted octanol–water partition coefficient (Wildman–Crippen LogP) is 0.537. The summed E-state index contributed by atoms with van der Waals surface area (Å²) in [7, 11) is 0. The summed E-state index contributed by atoms with van der Waals surface area (Å²) in [6, 6.07) is 0.374. The lowest BCUT2D eigenvalue weighted by Crippen LogP contribution is -2.19. The van der Waals surface area contributed by atoms with E-state index in [0.29, 0.717) is 6.04 Å². The van der Waals surface area contributed by atoms with Gasteiger partial charge in [0.25, 0.3) is 0 Å². The predicted molar refractivity (Wildman–Crippen MR) is 68.5 cm³/mol. The molecule has 0 fully saturated rings. The smallest absolute Gasteiger partial charge is 0.00366 e. The van der Waals surface area contributed by atoms with Gasteiger partial charge in [0.05, 0.1) is 0 Å². The Labute approximate surface area is 94.8 Å². The maximum atomic E-state index is 5.60. The maximum Gasteiger partial charge on any atom is 0.00366 e. The Morgan fingerprint density at radius 2 is 1.27 bits per heavy atom. The van der Waals surface area contributed by atoms with E-state index in [4.69, 9.17) is 22.9 Å². The molecule has 0 amide bonds. The highest BCUT2D eigenvalue weighted by Crippen LogP contribution is 1.95. The highest BCUT2D eigenvalue weighted by atomic mass is 14.6. The molecular weight excluding hydrogens is 188 g/mol. The first-order chi connectivity index (χ1) is 7.22. The molecule has 4 nitrogen and oxygen atoms in total. The van der Waals surface area contributed by atoms with E-state index < -0.39 is 0 Å². The highest BCUT2D eigenvalue weighted by Gasteiger charge is 1.94. The van der Waals surface area contributed by atoms with E-state index in [1.807, 2.05) is 0 Å². The van der Waals surface area contributed by atoms with E-state index in [1.165, 1.54) is 6.42 Å². The Morgan fingerprint density at radius 1 is 0.800 bits per heavy atom. The number of hydrogen-bond donors (Lipinski definition) is 4. The third kappa shape index (κ3) is 20.0. The normalized spacial score (nSPS) is 11.8. The van der Waals surface area contributed by atoms with Gasteiger partial charge in [0.1, 0.15) is 0 Å². The molecule has 1 unspecified atom stereocenters. The minimum absolute atomic E-state index is 0.374. The molecular formula is C11H30N4. The van der Waals surface area contributed by atoms with Gasteiger partial charge in [-0.2, -0.15) is 0 Å². The molecule has 8 N–H and O–H groups in total. The van der Waals surface area contributed by atoms with Crippen LogP contribution in [0.25, 0.3) is 0 Å². The van der Waals surface area contributed by atoms with Gasteiger partial charge < -0.3 is 22.9 Å². The summed E-state index contributed by atoms with van der Waals surface area (Å²) in [6.07, 6.45) is 6.64. The fraction of sp³-hybridized carbons (Fsp3) is 1.00. The van der Waals surface area contributed by atoms with Crippen molar-refractivity contribution < 1.29 is 0 Å². The standard InChI is InChI=1S/C6H16N2.C5H14N2/c1-2-6(8)4-3-5-7;6-4-2-1-3-5-7/h6H,2-5,7-8H2,1H3;1-7H2. The van der Waals surface area contributed by atoms with Crippen LogP contribution in [-0.4, -0.2) is 25.7 Å². The third-order valence-electron chi connectivity index (χ3n) is 2.21. The Balaban J connectivity index is 0. The average molecular weight is 218 g/mol. The molecule has 0 aliphatic rings. The van der Waals surface area contributed by atoms with E-state index in [9.17, 15) is 0 Å². The molecule has 0 heterocycles. The lowest BCUT2D eigenvalue weighted by atomic mass is 10.1.